The van der Waals surface area contributed by atoms with Crippen molar-refractivity contribution in [3.05, 3.63) is 29.8 Å². The highest BCUT2D eigenvalue weighted by Gasteiger charge is 2.14. The summed E-state index contributed by atoms with van der Waals surface area (Å²) in [5.74, 6) is -0.280. The molecule has 0 aliphatic carbocycles. The van der Waals surface area contributed by atoms with E-state index in [1.165, 1.54) is 12.3 Å². The Hall–Kier alpha value is -0.920. The molecular weight excluding hydrogens is 141 g/mol. The Morgan fingerprint density at radius 1 is 1.27 bits per heavy atom. The fourth-order valence-electron chi connectivity index (χ4n) is 0.819. The van der Waals surface area contributed by atoms with Crippen LogP contribution >= 0.6 is 0 Å². The van der Waals surface area contributed by atoms with Crippen LogP contribution < -0.4 is 0 Å². The number of hydrogen-bond acceptors (Lipinski definition) is 1. The zero-order chi connectivity index (χ0) is 8.48. The van der Waals surface area contributed by atoms with Gasteiger partial charge in [-0.25, -0.2) is 4.39 Å². The van der Waals surface area contributed by atoms with Gasteiger partial charge in [0, 0.05) is 11.1 Å². The fourth-order valence-corrected chi connectivity index (χ4v) is 0.819. The molecule has 0 saturated heterocycles. The normalized spacial score (nSPS) is 11.6. The molecule has 1 nitrogen and oxygen atoms in total. The van der Waals surface area contributed by atoms with E-state index in [0.717, 1.165) is 5.69 Å². The SMILES string of the molecule is CC(C)(C)c1ccc(F)cn1. The summed E-state index contributed by atoms with van der Waals surface area (Å²) in [5, 5.41) is 0. The van der Waals surface area contributed by atoms with Crippen LogP contribution in [0.2, 0.25) is 0 Å². The second-order valence-electron chi connectivity index (χ2n) is 3.61. The van der Waals surface area contributed by atoms with Crippen molar-refractivity contribution in [1.29, 1.82) is 0 Å². The van der Waals surface area contributed by atoms with Crippen LogP contribution in [0.3, 0.4) is 0 Å². The lowest BCUT2D eigenvalue weighted by Gasteiger charge is -2.16. The number of pyridine rings is 1. The van der Waals surface area contributed by atoms with E-state index in [-0.39, 0.29) is 11.2 Å². The van der Waals surface area contributed by atoms with Crippen LogP contribution in [-0.2, 0) is 5.41 Å². The number of aromatic nitrogens is 1. The summed E-state index contributed by atoms with van der Waals surface area (Å²) in [7, 11) is 0. The molecule has 0 N–H and O–H groups in total. The van der Waals surface area contributed by atoms with Gasteiger partial charge in [0.25, 0.3) is 0 Å². The largest absolute Gasteiger partial charge is 0.258 e. The van der Waals surface area contributed by atoms with Crippen LogP contribution in [-0.4, -0.2) is 4.98 Å². The number of rotatable bonds is 0. The lowest BCUT2D eigenvalue weighted by molar-refractivity contribution is 0.557. The Morgan fingerprint density at radius 3 is 2.27 bits per heavy atom. The van der Waals surface area contributed by atoms with E-state index in [0.29, 0.717) is 0 Å². The standard InChI is InChI=1S/C9H12FN/c1-9(2,3)8-5-4-7(10)6-11-8/h4-6H,1-3H3. The van der Waals surface area contributed by atoms with Crippen molar-refractivity contribution in [1.82, 2.24) is 4.98 Å². The molecule has 0 aromatic carbocycles. The lowest BCUT2D eigenvalue weighted by atomic mass is 9.92. The monoisotopic (exact) mass is 153 g/mol. The first kappa shape index (κ1) is 8.18. The maximum absolute atomic E-state index is 12.4. The molecule has 0 atom stereocenters. The van der Waals surface area contributed by atoms with Crippen LogP contribution in [0.5, 0.6) is 0 Å². The van der Waals surface area contributed by atoms with Crippen molar-refractivity contribution in [3.8, 4) is 0 Å². The Labute approximate surface area is 66.3 Å². The van der Waals surface area contributed by atoms with Crippen LogP contribution in [0.4, 0.5) is 4.39 Å². The van der Waals surface area contributed by atoms with Gasteiger partial charge in [0.05, 0.1) is 6.20 Å². The molecule has 1 aromatic rings. The van der Waals surface area contributed by atoms with Crippen molar-refractivity contribution >= 4 is 0 Å². The molecule has 0 amide bonds. The third-order valence-corrected chi connectivity index (χ3v) is 1.50. The number of hydrogen-bond donors (Lipinski definition) is 0. The van der Waals surface area contributed by atoms with Gasteiger partial charge < -0.3 is 0 Å². The minimum absolute atomic E-state index is 0.00764. The molecule has 1 rings (SSSR count). The second-order valence-corrected chi connectivity index (χ2v) is 3.61. The van der Waals surface area contributed by atoms with E-state index in [1.807, 2.05) is 20.8 Å². The Bertz CT molecular complexity index is 233. The summed E-state index contributed by atoms with van der Waals surface area (Å²) in [6.45, 7) is 6.15. The average Bonchev–Trinajstić information content (AvgIpc) is 1.86. The predicted molar refractivity (Wildman–Crippen MR) is 42.9 cm³/mol. The van der Waals surface area contributed by atoms with Gasteiger partial charge in [0.2, 0.25) is 0 Å². The highest BCUT2D eigenvalue weighted by atomic mass is 19.1. The Kier molecular flexibility index (Phi) is 1.94. The van der Waals surface area contributed by atoms with Gasteiger partial charge in [-0.3, -0.25) is 4.98 Å². The molecule has 0 bridgehead atoms. The molecule has 1 aromatic heterocycles. The molecule has 0 fully saturated rings. The first-order chi connectivity index (χ1) is 5.00. The molecule has 0 aliphatic rings. The molecule has 0 saturated carbocycles. The van der Waals surface area contributed by atoms with E-state index in [1.54, 1.807) is 6.07 Å². The molecular formula is C9H12FN. The van der Waals surface area contributed by atoms with E-state index in [2.05, 4.69) is 4.98 Å². The van der Waals surface area contributed by atoms with Crippen molar-refractivity contribution in [3.63, 3.8) is 0 Å². The lowest BCUT2D eigenvalue weighted by Crippen LogP contribution is -2.12. The minimum atomic E-state index is -0.280. The van der Waals surface area contributed by atoms with Crippen LogP contribution in [0.25, 0.3) is 0 Å². The summed E-state index contributed by atoms with van der Waals surface area (Å²) in [6, 6.07) is 3.16. The Balaban J connectivity index is 2.99. The summed E-state index contributed by atoms with van der Waals surface area (Å²) in [6.07, 6.45) is 1.25. The van der Waals surface area contributed by atoms with Gasteiger partial charge in [-0.05, 0) is 12.1 Å². The highest BCUT2D eigenvalue weighted by molar-refractivity contribution is 5.13. The Morgan fingerprint density at radius 2 is 1.91 bits per heavy atom. The van der Waals surface area contributed by atoms with Gasteiger partial charge in [0.1, 0.15) is 5.82 Å². The molecule has 11 heavy (non-hydrogen) atoms. The molecule has 2 heteroatoms. The molecule has 60 valence electrons. The van der Waals surface area contributed by atoms with Crippen molar-refractivity contribution in [2.75, 3.05) is 0 Å². The van der Waals surface area contributed by atoms with E-state index >= 15 is 0 Å². The zero-order valence-electron chi connectivity index (χ0n) is 7.06. The van der Waals surface area contributed by atoms with Crippen LogP contribution in [0, 0.1) is 5.82 Å². The molecule has 0 aliphatic heterocycles. The fraction of sp³-hybridized carbons (Fsp3) is 0.444. The maximum atomic E-state index is 12.4. The van der Waals surface area contributed by atoms with Gasteiger partial charge in [-0.15, -0.1) is 0 Å². The molecule has 1 heterocycles. The van der Waals surface area contributed by atoms with Gasteiger partial charge >= 0.3 is 0 Å². The van der Waals surface area contributed by atoms with Crippen molar-refractivity contribution < 1.29 is 4.39 Å². The smallest absolute Gasteiger partial charge is 0.141 e. The molecule has 0 unspecified atom stereocenters. The minimum Gasteiger partial charge on any atom is -0.258 e. The van der Waals surface area contributed by atoms with Gasteiger partial charge in [-0.1, -0.05) is 20.8 Å². The van der Waals surface area contributed by atoms with E-state index < -0.39 is 0 Å². The average molecular weight is 153 g/mol. The predicted octanol–water partition coefficient (Wildman–Crippen LogP) is 2.52. The summed E-state index contributed by atoms with van der Waals surface area (Å²) >= 11 is 0. The third kappa shape index (κ3) is 2.00. The molecule has 0 spiro atoms. The first-order valence-electron chi connectivity index (χ1n) is 3.62. The van der Waals surface area contributed by atoms with Crippen LogP contribution in [0.15, 0.2) is 18.3 Å². The van der Waals surface area contributed by atoms with E-state index in [4.69, 9.17) is 0 Å². The van der Waals surface area contributed by atoms with Gasteiger partial charge in [0.15, 0.2) is 0 Å². The van der Waals surface area contributed by atoms with E-state index in [9.17, 15) is 4.39 Å². The summed E-state index contributed by atoms with van der Waals surface area (Å²) in [5.41, 5.74) is 0.923. The summed E-state index contributed by atoms with van der Waals surface area (Å²) < 4.78 is 12.4. The second kappa shape index (κ2) is 2.61. The number of nitrogens with zero attached hydrogens (tertiary/aromatic N) is 1. The van der Waals surface area contributed by atoms with Crippen molar-refractivity contribution in [2.24, 2.45) is 0 Å². The molecule has 0 radical (unpaired) electrons. The quantitative estimate of drug-likeness (QED) is 0.558. The van der Waals surface area contributed by atoms with Crippen LogP contribution in [0.1, 0.15) is 26.5 Å². The topological polar surface area (TPSA) is 12.9 Å². The van der Waals surface area contributed by atoms with Crippen molar-refractivity contribution in [2.45, 2.75) is 26.2 Å². The third-order valence-electron chi connectivity index (χ3n) is 1.50. The van der Waals surface area contributed by atoms with Gasteiger partial charge in [-0.2, -0.15) is 0 Å². The highest BCUT2D eigenvalue weighted by Crippen LogP contribution is 2.18. The maximum Gasteiger partial charge on any atom is 0.141 e. The summed E-state index contributed by atoms with van der Waals surface area (Å²) in [4.78, 5) is 3.97. The number of halogens is 1. The zero-order valence-corrected chi connectivity index (χ0v) is 7.06. The first-order valence-corrected chi connectivity index (χ1v) is 3.62.